The van der Waals surface area contributed by atoms with Crippen LogP contribution in [-0.4, -0.2) is 47.9 Å². The number of aryl methyl sites for hydroxylation is 2. The number of benzene rings is 2. The molecule has 2 saturated heterocycles. The molecule has 142 valence electrons. The van der Waals surface area contributed by atoms with Crippen molar-refractivity contribution in [1.29, 1.82) is 0 Å². The Bertz CT molecular complexity index is 822. The second-order valence-corrected chi connectivity index (χ2v) is 8.53. The summed E-state index contributed by atoms with van der Waals surface area (Å²) < 4.78 is 0. The van der Waals surface area contributed by atoms with Gasteiger partial charge in [-0.3, -0.25) is 9.69 Å². The first-order valence-corrected chi connectivity index (χ1v) is 10.1. The van der Waals surface area contributed by atoms with E-state index in [1.165, 1.54) is 17.5 Å². The van der Waals surface area contributed by atoms with E-state index in [0.29, 0.717) is 5.92 Å². The number of carbonyl (C=O) groups excluding carboxylic acids is 1. The fraction of sp³-hybridized carbons (Fsp3) is 0.458. The van der Waals surface area contributed by atoms with Gasteiger partial charge in [-0.1, -0.05) is 48.0 Å². The van der Waals surface area contributed by atoms with Gasteiger partial charge in [-0.2, -0.15) is 0 Å². The fourth-order valence-corrected chi connectivity index (χ4v) is 5.09. The van der Waals surface area contributed by atoms with E-state index in [1.807, 2.05) is 19.1 Å². The number of likely N-dealkylation sites (N-methyl/N-ethyl adjacent to an activating group) is 1. The molecule has 3 heteroatoms. The summed E-state index contributed by atoms with van der Waals surface area (Å²) in [7, 11) is 2.27. The average Bonchev–Trinajstić information content (AvgIpc) is 2.99. The van der Waals surface area contributed by atoms with Gasteiger partial charge in [0.15, 0.2) is 0 Å². The molecule has 0 bridgehead atoms. The first kappa shape index (κ1) is 18.2. The molecule has 2 aromatic carbocycles. The van der Waals surface area contributed by atoms with Crippen molar-refractivity contribution in [2.24, 2.45) is 0 Å². The smallest absolute Gasteiger partial charge is 0.254 e. The maximum absolute atomic E-state index is 13.0. The molecule has 27 heavy (non-hydrogen) atoms. The number of rotatable bonds is 2. The van der Waals surface area contributed by atoms with Gasteiger partial charge in [0, 0.05) is 30.7 Å². The summed E-state index contributed by atoms with van der Waals surface area (Å²) in [6.45, 7) is 6.96. The zero-order valence-corrected chi connectivity index (χ0v) is 16.7. The van der Waals surface area contributed by atoms with Gasteiger partial charge >= 0.3 is 0 Å². The quantitative estimate of drug-likeness (QED) is 0.791. The maximum Gasteiger partial charge on any atom is 0.254 e. The molecule has 1 atom stereocenters. The topological polar surface area (TPSA) is 23.6 Å². The molecule has 2 heterocycles. The van der Waals surface area contributed by atoms with Gasteiger partial charge in [-0.05, 0) is 63.3 Å². The summed E-state index contributed by atoms with van der Waals surface area (Å²) in [5, 5.41) is 0. The zero-order chi connectivity index (χ0) is 19.0. The summed E-state index contributed by atoms with van der Waals surface area (Å²) in [6.07, 6.45) is 3.35. The summed E-state index contributed by atoms with van der Waals surface area (Å²) in [4.78, 5) is 17.6. The molecule has 0 saturated carbocycles. The fourth-order valence-electron chi connectivity index (χ4n) is 5.09. The predicted molar refractivity (Wildman–Crippen MR) is 110 cm³/mol. The molecule has 0 N–H and O–H groups in total. The summed E-state index contributed by atoms with van der Waals surface area (Å²) in [6, 6.07) is 17.0. The summed E-state index contributed by atoms with van der Waals surface area (Å²) in [5.74, 6) is 0.806. The Morgan fingerprint density at radius 2 is 1.74 bits per heavy atom. The molecule has 4 rings (SSSR count). The van der Waals surface area contributed by atoms with Crippen LogP contribution in [0.25, 0.3) is 0 Å². The number of likely N-dealkylation sites (tertiary alicyclic amines) is 2. The Kier molecular flexibility index (Phi) is 4.81. The Labute approximate surface area is 163 Å². The van der Waals surface area contributed by atoms with Gasteiger partial charge in [0.25, 0.3) is 5.91 Å². The highest BCUT2D eigenvalue weighted by Crippen LogP contribution is 2.44. The van der Waals surface area contributed by atoms with Gasteiger partial charge < -0.3 is 4.90 Å². The number of amides is 1. The molecule has 1 spiro atoms. The van der Waals surface area contributed by atoms with Gasteiger partial charge in [-0.15, -0.1) is 0 Å². The van der Waals surface area contributed by atoms with Crippen molar-refractivity contribution in [2.75, 3.05) is 26.7 Å². The standard InChI is InChI=1S/C24H30N2O/c1-18-9-10-22(19(2)15-18)23(27)26-13-11-24(12-14-26)16-21(17-25(24)3)20-7-5-4-6-8-20/h4-10,15,21H,11-14,16-17H2,1-3H3/t21-/m1/s1. The predicted octanol–water partition coefficient (Wildman–Crippen LogP) is 4.40. The van der Waals surface area contributed by atoms with Gasteiger partial charge in [0.1, 0.15) is 0 Å². The van der Waals surface area contributed by atoms with Crippen molar-refractivity contribution in [3.63, 3.8) is 0 Å². The van der Waals surface area contributed by atoms with Crippen molar-refractivity contribution in [3.8, 4) is 0 Å². The van der Waals surface area contributed by atoms with Crippen LogP contribution < -0.4 is 0 Å². The highest BCUT2D eigenvalue weighted by Gasteiger charge is 2.46. The lowest BCUT2D eigenvalue weighted by molar-refractivity contribution is 0.0491. The minimum absolute atomic E-state index is 0.197. The van der Waals surface area contributed by atoms with E-state index in [4.69, 9.17) is 0 Å². The van der Waals surface area contributed by atoms with Crippen LogP contribution >= 0.6 is 0 Å². The molecule has 2 fully saturated rings. The van der Waals surface area contributed by atoms with E-state index in [9.17, 15) is 4.79 Å². The third-order valence-corrected chi connectivity index (χ3v) is 6.80. The molecular weight excluding hydrogens is 332 g/mol. The highest BCUT2D eigenvalue weighted by atomic mass is 16.2. The van der Waals surface area contributed by atoms with Crippen LogP contribution in [0.5, 0.6) is 0 Å². The first-order valence-electron chi connectivity index (χ1n) is 10.1. The van der Waals surface area contributed by atoms with E-state index in [1.54, 1.807) is 0 Å². The van der Waals surface area contributed by atoms with Crippen molar-refractivity contribution in [1.82, 2.24) is 9.80 Å². The zero-order valence-electron chi connectivity index (χ0n) is 16.7. The molecular formula is C24H30N2O. The first-order chi connectivity index (χ1) is 13.0. The van der Waals surface area contributed by atoms with Crippen LogP contribution in [0.1, 0.15) is 52.2 Å². The lowest BCUT2D eigenvalue weighted by Crippen LogP contribution is -2.52. The monoisotopic (exact) mass is 362 g/mol. The third kappa shape index (κ3) is 3.41. The van der Waals surface area contributed by atoms with Crippen molar-refractivity contribution < 1.29 is 4.79 Å². The van der Waals surface area contributed by atoms with Crippen LogP contribution in [0.3, 0.4) is 0 Å². The van der Waals surface area contributed by atoms with Crippen LogP contribution in [0.4, 0.5) is 0 Å². The second-order valence-electron chi connectivity index (χ2n) is 8.53. The van der Waals surface area contributed by atoms with Crippen LogP contribution in [0, 0.1) is 13.8 Å². The third-order valence-electron chi connectivity index (χ3n) is 6.80. The lowest BCUT2D eigenvalue weighted by atomic mass is 9.81. The number of hydrogen-bond acceptors (Lipinski definition) is 2. The lowest BCUT2D eigenvalue weighted by Gasteiger charge is -2.43. The Morgan fingerprint density at radius 3 is 2.41 bits per heavy atom. The van der Waals surface area contributed by atoms with Crippen molar-refractivity contribution >= 4 is 5.91 Å². The highest BCUT2D eigenvalue weighted by molar-refractivity contribution is 5.95. The molecule has 2 aromatic rings. The minimum Gasteiger partial charge on any atom is -0.339 e. The molecule has 0 radical (unpaired) electrons. The van der Waals surface area contributed by atoms with Crippen LogP contribution in [0.15, 0.2) is 48.5 Å². The molecule has 0 aliphatic carbocycles. The van der Waals surface area contributed by atoms with Crippen molar-refractivity contribution in [2.45, 2.75) is 44.6 Å². The maximum atomic E-state index is 13.0. The van der Waals surface area contributed by atoms with Crippen LogP contribution in [-0.2, 0) is 0 Å². The molecule has 3 nitrogen and oxygen atoms in total. The molecule has 0 unspecified atom stereocenters. The van der Waals surface area contributed by atoms with Gasteiger partial charge in [0.05, 0.1) is 0 Å². The molecule has 0 aromatic heterocycles. The molecule has 2 aliphatic rings. The van der Waals surface area contributed by atoms with E-state index < -0.39 is 0 Å². The van der Waals surface area contributed by atoms with Gasteiger partial charge in [-0.25, -0.2) is 0 Å². The number of hydrogen-bond donors (Lipinski definition) is 0. The second kappa shape index (κ2) is 7.12. The summed E-state index contributed by atoms with van der Waals surface area (Å²) >= 11 is 0. The normalized spacial score (nSPS) is 22.3. The SMILES string of the molecule is Cc1ccc(C(=O)N2CCC3(CC2)C[C@@H](c2ccccc2)CN3C)c(C)c1. The van der Waals surface area contributed by atoms with E-state index in [-0.39, 0.29) is 11.4 Å². The number of carbonyl (C=O) groups is 1. The largest absolute Gasteiger partial charge is 0.339 e. The Hall–Kier alpha value is -2.13. The van der Waals surface area contributed by atoms with E-state index in [0.717, 1.165) is 43.6 Å². The Morgan fingerprint density at radius 1 is 1.04 bits per heavy atom. The Balaban J connectivity index is 1.44. The van der Waals surface area contributed by atoms with E-state index >= 15 is 0 Å². The van der Waals surface area contributed by atoms with Crippen LogP contribution in [0.2, 0.25) is 0 Å². The minimum atomic E-state index is 0.197. The molecule has 2 aliphatic heterocycles. The van der Waals surface area contributed by atoms with E-state index in [2.05, 4.69) is 60.2 Å². The van der Waals surface area contributed by atoms with Gasteiger partial charge in [0.2, 0.25) is 0 Å². The average molecular weight is 363 g/mol. The van der Waals surface area contributed by atoms with Crippen molar-refractivity contribution in [3.05, 3.63) is 70.8 Å². The number of nitrogens with zero attached hydrogens (tertiary/aromatic N) is 2. The summed E-state index contributed by atoms with van der Waals surface area (Å²) in [5.41, 5.74) is 4.86. The molecule has 1 amide bonds. The number of piperidine rings is 1.